The SMILES string of the molecule is CNC(=O)C1CC(=O)N(C2CN(C(=O)c3cc(C)ncn3)C2)C1. The van der Waals surface area contributed by atoms with E-state index in [2.05, 4.69) is 15.3 Å². The predicted molar refractivity (Wildman–Crippen MR) is 80.3 cm³/mol. The zero-order valence-electron chi connectivity index (χ0n) is 13.2. The largest absolute Gasteiger partial charge is 0.359 e. The summed E-state index contributed by atoms with van der Waals surface area (Å²) in [4.78, 5) is 47.4. The highest BCUT2D eigenvalue weighted by atomic mass is 16.2. The first kappa shape index (κ1) is 15.4. The van der Waals surface area contributed by atoms with Gasteiger partial charge in [0.2, 0.25) is 11.8 Å². The highest BCUT2D eigenvalue weighted by Crippen LogP contribution is 2.25. The predicted octanol–water partition coefficient (Wildman–Crippen LogP) is -0.796. The maximum absolute atomic E-state index is 12.3. The zero-order chi connectivity index (χ0) is 16.6. The summed E-state index contributed by atoms with van der Waals surface area (Å²) in [5, 5.41) is 2.58. The molecule has 3 heterocycles. The molecule has 1 atom stereocenters. The lowest BCUT2D eigenvalue weighted by Gasteiger charge is -2.43. The minimum atomic E-state index is -0.290. The number of rotatable bonds is 3. The van der Waals surface area contributed by atoms with Crippen LogP contribution in [0.25, 0.3) is 0 Å². The Balaban J connectivity index is 1.58. The van der Waals surface area contributed by atoms with Crippen LogP contribution in [0.15, 0.2) is 12.4 Å². The van der Waals surface area contributed by atoms with Gasteiger partial charge in [0.1, 0.15) is 12.0 Å². The summed E-state index contributed by atoms with van der Waals surface area (Å²) in [5.41, 5.74) is 1.11. The van der Waals surface area contributed by atoms with E-state index >= 15 is 0 Å². The molecule has 2 saturated heterocycles. The summed E-state index contributed by atoms with van der Waals surface area (Å²) < 4.78 is 0. The van der Waals surface area contributed by atoms with E-state index in [0.717, 1.165) is 5.69 Å². The maximum atomic E-state index is 12.3. The summed E-state index contributed by atoms with van der Waals surface area (Å²) >= 11 is 0. The van der Waals surface area contributed by atoms with Crippen LogP contribution in [-0.4, -0.2) is 70.2 Å². The summed E-state index contributed by atoms with van der Waals surface area (Å²) in [6.45, 7) is 3.19. The van der Waals surface area contributed by atoms with Gasteiger partial charge in [0, 0.05) is 38.8 Å². The van der Waals surface area contributed by atoms with Crippen molar-refractivity contribution in [1.82, 2.24) is 25.1 Å². The second kappa shape index (κ2) is 5.94. The molecule has 122 valence electrons. The molecule has 0 aromatic carbocycles. The van der Waals surface area contributed by atoms with Gasteiger partial charge in [0.25, 0.3) is 5.91 Å². The Labute approximate surface area is 133 Å². The Morgan fingerprint density at radius 1 is 1.26 bits per heavy atom. The van der Waals surface area contributed by atoms with E-state index in [1.807, 2.05) is 0 Å². The van der Waals surface area contributed by atoms with Crippen LogP contribution in [0, 0.1) is 12.8 Å². The fraction of sp³-hybridized carbons (Fsp3) is 0.533. The van der Waals surface area contributed by atoms with E-state index in [4.69, 9.17) is 0 Å². The average molecular weight is 317 g/mol. The Hall–Kier alpha value is -2.51. The molecule has 1 aromatic heterocycles. The van der Waals surface area contributed by atoms with E-state index in [1.54, 1.807) is 29.8 Å². The van der Waals surface area contributed by atoms with Crippen LogP contribution in [0.3, 0.4) is 0 Å². The van der Waals surface area contributed by atoms with Crippen molar-refractivity contribution in [2.75, 3.05) is 26.7 Å². The topological polar surface area (TPSA) is 95.5 Å². The van der Waals surface area contributed by atoms with E-state index in [-0.39, 0.29) is 36.1 Å². The van der Waals surface area contributed by atoms with Crippen LogP contribution in [0.5, 0.6) is 0 Å². The van der Waals surface area contributed by atoms with Crippen LogP contribution < -0.4 is 5.32 Å². The number of likely N-dealkylation sites (tertiary alicyclic amines) is 2. The molecule has 0 spiro atoms. The number of hydrogen-bond acceptors (Lipinski definition) is 5. The minimum absolute atomic E-state index is 0.0101. The van der Waals surface area contributed by atoms with Crippen LogP contribution >= 0.6 is 0 Å². The van der Waals surface area contributed by atoms with Crippen molar-refractivity contribution in [3.05, 3.63) is 23.8 Å². The minimum Gasteiger partial charge on any atom is -0.359 e. The van der Waals surface area contributed by atoms with Gasteiger partial charge in [-0.3, -0.25) is 14.4 Å². The molecule has 2 fully saturated rings. The summed E-state index contributed by atoms with van der Waals surface area (Å²) in [6.07, 6.45) is 1.62. The third-order valence-electron chi connectivity index (χ3n) is 4.39. The molecule has 3 amide bonds. The van der Waals surface area contributed by atoms with Crippen molar-refractivity contribution in [3.63, 3.8) is 0 Å². The maximum Gasteiger partial charge on any atom is 0.272 e. The van der Waals surface area contributed by atoms with E-state index in [0.29, 0.717) is 25.3 Å². The number of amides is 3. The van der Waals surface area contributed by atoms with Gasteiger partial charge in [-0.15, -0.1) is 0 Å². The standard InChI is InChI=1S/C15H19N5O3/c1-9-3-12(18-8-17-9)15(23)19-6-11(7-19)20-5-10(4-13(20)21)14(22)16-2/h3,8,10-11H,4-7H2,1-2H3,(H,16,22). The monoisotopic (exact) mass is 317 g/mol. The van der Waals surface area contributed by atoms with Crippen LogP contribution in [0.2, 0.25) is 0 Å². The van der Waals surface area contributed by atoms with Gasteiger partial charge < -0.3 is 15.1 Å². The lowest BCUT2D eigenvalue weighted by Crippen LogP contribution is -2.61. The smallest absolute Gasteiger partial charge is 0.272 e. The molecule has 1 aromatic rings. The molecule has 2 aliphatic heterocycles. The normalized spacial score (nSPS) is 21.3. The first-order chi connectivity index (χ1) is 11.0. The van der Waals surface area contributed by atoms with E-state index < -0.39 is 0 Å². The Kier molecular flexibility index (Phi) is 3.97. The second-order valence-corrected chi connectivity index (χ2v) is 5.97. The first-order valence-electron chi connectivity index (χ1n) is 7.58. The number of hydrogen-bond donors (Lipinski definition) is 1. The lowest BCUT2D eigenvalue weighted by molar-refractivity contribution is -0.132. The molecule has 2 aliphatic rings. The molecule has 0 radical (unpaired) electrons. The summed E-state index contributed by atoms with van der Waals surface area (Å²) in [5.74, 6) is -0.568. The summed E-state index contributed by atoms with van der Waals surface area (Å²) in [7, 11) is 1.57. The number of aryl methyl sites for hydroxylation is 1. The van der Waals surface area contributed by atoms with Crippen LogP contribution in [0.4, 0.5) is 0 Å². The van der Waals surface area contributed by atoms with E-state index in [1.165, 1.54) is 6.33 Å². The lowest BCUT2D eigenvalue weighted by atomic mass is 10.1. The molecule has 0 bridgehead atoms. The van der Waals surface area contributed by atoms with Gasteiger partial charge in [-0.05, 0) is 13.0 Å². The fourth-order valence-corrected chi connectivity index (χ4v) is 3.02. The van der Waals surface area contributed by atoms with Gasteiger partial charge >= 0.3 is 0 Å². The molecule has 23 heavy (non-hydrogen) atoms. The van der Waals surface area contributed by atoms with Crippen molar-refractivity contribution in [1.29, 1.82) is 0 Å². The van der Waals surface area contributed by atoms with Gasteiger partial charge in [0.05, 0.1) is 12.0 Å². The fourth-order valence-electron chi connectivity index (χ4n) is 3.02. The molecule has 1 unspecified atom stereocenters. The molecular formula is C15H19N5O3. The Morgan fingerprint density at radius 3 is 2.65 bits per heavy atom. The molecule has 8 nitrogen and oxygen atoms in total. The summed E-state index contributed by atoms with van der Waals surface area (Å²) in [6, 6.07) is 1.64. The number of carbonyl (C=O) groups is 3. The Morgan fingerprint density at radius 2 is 2.00 bits per heavy atom. The van der Waals surface area contributed by atoms with Gasteiger partial charge in [-0.1, -0.05) is 0 Å². The van der Waals surface area contributed by atoms with Crippen molar-refractivity contribution >= 4 is 17.7 Å². The molecule has 8 heteroatoms. The molecule has 3 rings (SSSR count). The van der Waals surface area contributed by atoms with Crippen LogP contribution in [-0.2, 0) is 9.59 Å². The third-order valence-corrected chi connectivity index (χ3v) is 4.39. The quantitative estimate of drug-likeness (QED) is 0.788. The van der Waals surface area contributed by atoms with Gasteiger partial charge in [0.15, 0.2) is 0 Å². The average Bonchev–Trinajstić information content (AvgIpc) is 2.87. The highest BCUT2D eigenvalue weighted by molar-refractivity contribution is 5.93. The van der Waals surface area contributed by atoms with Crippen molar-refractivity contribution < 1.29 is 14.4 Å². The zero-order valence-corrected chi connectivity index (χ0v) is 13.2. The van der Waals surface area contributed by atoms with Gasteiger partial charge in [-0.2, -0.15) is 0 Å². The number of nitrogens with zero attached hydrogens (tertiary/aromatic N) is 4. The second-order valence-electron chi connectivity index (χ2n) is 5.97. The number of carbonyl (C=O) groups excluding carboxylic acids is 3. The Bertz CT molecular complexity index is 656. The van der Waals surface area contributed by atoms with Gasteiger partial charge in [-0.25, -0.2) is 9.97 Å². The third kappa shape index (κ3) is 2.88. The molecule has 0 saturated carbocycles. The van der Waals surface area contributed by atoms with Crippen molar-refractivity contribution in [2.45, 2.75) is 19.4 Å². The van der Waals surface area contributed by atoms with Crippen LogP contribution in [0.1, 0.15) is 22.6 Å². The van der Waals surface area contributed by atoms with Crippen molar-refractivity contribution in [2.24, 2.45) is 5.92 Å². The van der Waals surface area contributed by atoms with E-state index in [9.17, 15) is 14.4 Å². The molecule has 1 N–H and O–H groups in total. The number of aromatic nitrogens is 2. The molecular weight excluding hydrogens is 298 g/mol. The van der Waals surface area contributed by atoms with Crippen molar-refractivity contribution in [3.8, 4) is 0 Å². The number of nitrogens with one attached hydrogen (secondary N) is 1. The highest BCUT2D eigenvalue weighted by Gasteiger charge is 2.43. The molecule has 0 aliphatic carbocycles. The first-order valence-corrected chi connectivity index (χ1v) is 7.58.